The van der Waals surface area contributed by atoms with Crippen molar-refractivity contribution >= 4 is 65.5 Å². The number of hydroxylamine groups is 2. The van der Waals surface area contributed by atoms with E-state index in [4.69, 9.17) is 56.9 Å². The molecule has 3 amide bonds. The number of rotatable bonds is 19. The molecule has 3 aliphatic heterocycles. The average Bonchev–Trinajstić information content (AvgIpc) is 3.51. The van der Waals surface area contributed by atoms with Crippen LogP contribution in [0, 0.1) is 0 Å². The first-order chi connectivity index (χ1) is 33.1. The van der Waals surface area contributed by atoms with Crippen LogP contribution in [0.25, 0.3) is 0 Å². The van der Waals surface area contributed by atoms with Gasteiger partial charge < -0.3 is 57.4 Å². The fourth-order valence-electron chi connectivity index (χ4n) is 7.39. The molecule has 2 fully saturated rings. The average molecular weight is 987 g/mol. The molecule has 25 nitrogen and oxygen atoms in total. The summed E-state index contributed by atoms with van der Waals surface area (Å²) in [6.07, 6.45) is -21.0. The number of fused-ring (bicyclic) bond motifs is 1. The molecule has 5 rings (SSSR count). The van der Waals surface area contributed by atoms with Gasteiger partial charge in [-0.1, -0.05) is 42.5 Å². The lowest BCUT2D eigenvalue weighted by atomic mass is 9.95. The number of esters is 8. The van der Waals surface area contributed by atoms with Gasteiger partial charge in [-0.15, -0.1) is 5.06 Å². The van der Waals surface area contributed by atoms with E-state index < -0.39 is 153 Å². The lowest BCUT2D eigenvalue weighted by Crippen LogP contribution is -2.69. The minimum Gasteiger partial charge on any atom is -0.463 e. The highest BCUT2D eigenvalue weighted by Crippen LogP contribution is 2.35. The zero-order chi connectivity index (χ0) is 51.4. The van der Waals surface area contributed by atoms with Crippen molar-refractivity contribution in [3.8, 4) is 0 Å². The van der Waals surface area contributed by atoms with Crippen LogP contribution in [-0.2, 0) is 107 Å². The summed E-state index contributed by atoms with van der Waals surface area (Å²) in [5.41, 5.74) is 0.420. The smallest absolute Gasteiger partial charge is 0.338 e. The van der Waals surface area contributed by atoms with Gasteiger partial charge in [-0.25, -0.2) is 9.63 Å². The summed E-state index contributed by atoms with van der Waals surface area (Å²) < 4.78 is 62.0. The van der Waals surface area contributed by atoms with E-state index in [1.165, 1.54) is 24.3 Å². The van der Waals surface area contributed by atoms with Crippen molar-refractivity contribution in [3.05, 3.63) is 71.3 Å². The molecule has 378 valence electrons. The van der Waals surface area contributed by atoms with Crippen molar-refractivity contribution in [2.45, 2.75) is 129 Å². The van der Waals surface area contributed by atoms with Gasteiger partial charge in [-0.2, -0.15) is 0 Å². The third-order valence-electron chi connectivity index (χ3n) is 10.1. The summed E-state index contributed by atoms with van der Waals surface area (Å²) >= 11 is 0. The molecule has 25 heteroatoms. The summed E-state index contributed by atoms with van der Waals surface area (Å²) in [4.78, 5) is 147. The topological polar surface area (TPSA) is 314 Å². The van der Waals surface area contributed by atoms with Crippen molar-refractivity contribution in [3.63, 3.8) is 0 Å². The molecule has 0 spiro atoms. The zero-order valence-electron chi connectivity index (χ0n) is 38.7. The number of benzene rings is 2. The lowest BCUT2D eigenvalue weighted by Gasteiger charge is -2.48. The van der Waals surface area contributed by atoms with Gasteiger partial charge in [0.2, 0.25) is 5.91 Å². The first-order valence-corrected chi connectivity index (χ1v) is 21.4. The molecular formula is C45H50N2O23. The van der Waals surface area contributed by atoms with Gasteiger partial charge in [0.25, 0.3) is 11.8 Å². The predicted octanol–water partition coefficient (Wildman–Crippen LogP) is 0.452. The van der Waals surface area contributed by atoms with Gasteiger partial charge in [-0.3, -0.25) is 47.9 Å². The Morgan fingerprint density at radius 1 is 0.543 bits per heavy atom. The van der Waals surface area contributed by atoms with Gasteiger partial charge in [0.15, 0.2) is 49.1 Å². The van der Waals surface area contributed by atoms with Gasteiger partial charge in [0, 0.05) is 48.5 Å². The van der Waals surface area contributed by atoms with Crippen molar-refractivity contribution in [2.75, 3.05) is 13.2 Å². The maximum absolute atomic E-state index is 14.1. The summed E-state index contributed by atoms with van der Waals surface area (Å²) in [5.74, 6) is -11.0. The Hall–Kier alpha value is -7.35. The molecule has 1 N–H and O–H groups in total. The van der Waals surface area contributed by atoms with E-state index in [1.54, 1.807) is 30.3 Å². The molecular weight excluding hydrogens is 936 g/mol. The van der Waals surface area contributed by atoms with E-state index in [0.717, 1.165) is 48.5 Å². The Morgan fingerprint density at radius 2 is 1.00 bits per heavy atom. The van der Waals surface area contributed by atoms with Crippen LogP contribution in [0.15, 0.2) is 54.6 Å². The Morgan fingerprint density at radius 3 is 1.51 bits per heavy atom. The number of nitrogens with zero attached hydrogens (tertiary/aromatic N) is 1. The van der Waals surface area contributed by atoms with Crippen LogP contribution in [0.4, 0.5) is 0 Å². The molecule has 2 aromatic rings. The van der Waals surface area contributed by atoms with Gasteiger partial charge >= 0.3 is 47.8 Å². The van der Waals surface area contributed by atoms with Gasteiger partial charge in [0.05, 0.1) is 17.5 Å². The number of hydrogen-bond donors (Lipinski definition) is 1. The standard InChI is InChI=1S/C45H50N2O23/c1-21(48)59-19-32-36(69-45-40(66-27(7)54)38(64-25(5)52)35(62-23(3)50)33(68-45)20-60-22(2)49)37(63-24(4)51)39(65-26(6)53)41(67-32)46-34(55)17-31(44(58)61-18-28-13-9-8-10-14-28)70-47-42(56)29-15-11-12-16-30(29)43(47)57/h8-16,31-33,35-41,45H,17-20H2,1-7H3,(H,46,55)/t31-,32-,33-,35-,36-,37+,38+,39-,40-,41-,45+/m1/s1. The Balaban J connectivity index is 1.51. The summed E-state index contributed by atoms with van der Waals surface area (Å²) in [5, 5.41) is 2.71. The molecule has 2 aromatic carbocycles. The molecule has 2 saturated heterocycles. The monoisotopic (exact) mass is 986 g/mol. The third kappa shape index (κ3) is 14.3. The lowest BCUT2D eigenvalue weighted by molar-refractivity contribution is -0.345. The van der Waals surface area contributed by atoms with E-state index in [2.05, 4.69) is 5.32 Å². The highest BCUT2D eigenvalue weighted by Gasteiger charge is 2.58. The molecule has 0 aromatic heterocycles. The largest absolute Gasteiger partial charge is 0.463 e. The second-order valence-corrected chi connectivity index (χ2v) is 15.6. The number of ether oxygens (including phenoxy) is 11. The van der Waals surface area contributed by atoms with Crippen molar-refractivity contribution < 1.29 is 110 Å². The van der Waals surface area contributed by atoms with Crippen molar-refractivity contribution in [1.29, 1.82) is 0 Å². The maximum atomic E-state index is 14.1. The van der Waals surface area contributed by atoms with Crippen LogP contribution in [0.3, 0.4) is 0 Å². The van der Waals surface area contributed by atoms with Crippen LogP contribution in [-0.4, -0.2) is 151 Å². The van der Waals surface area contributed by atoms with Crippen LogP contribution in [0.1, 0.15) is 81.2 Å². The maximum Gasteiger partial charge on any atom is 0.338 e. The number of amides is 3. The highest BCUT2D eigenvalue weighted by molar-refractivity contribution is 6.20. The van der Waals surface area contributed by atoms with E-state index in [9.17, 15) is 52.7 Å². The zero-order valence-corrected chi connectivity index (χ0v) is 38.7. The quantitative estimate of drug-likeness (QED) is 0.113. The Bertz CT molecular complexity index is 2290. The predicted molar refractivity (Wildman–Crippen MR) is 224 cm³/mol. The van der Waals surface area contributed by atoms with Crippen LogP contribution in [0.5, 0.6) is 0 Å². The number of imide groups is 1. The normalized spacial score (nSPS) is 25.2. The summed E-state index contributed by atoms with van der Waals surface area (Å²) in [7, 11) is 0. The number of nitrogens with one attached hydrogen (secondary N) is 1. The van der Waals surface area contributed by atoms with E-state index in [-0.39, 0.29) is 17.7 Å². The second-order valence-electron chi connectivity index (χ2n) is 15.6. The number of carbonyl (C=O) groups is 11. The summed E-state index contributed by atoms with van der Waals surface area (Å²) in [6, 6.07) is 14.0. The molecule has 0 aliphatic carbocycles. The highest BCUT2D eigenvalue weighted by atomic mass is 16.8. The third-order valence-corrected chi connectivity index (χ3v) is 10.1. The molecule has 0 bridgehead atoms. The number of carbonyl (C=O) groups excluding carboxylic acids is 11. The van der Waals surface area contributed by atoms with Crippen molar-refractivity contribution in [1.82, 2.24) is 10.4 Å². The Labute approximate surface area is 398 Å². The molecule has 0 unspecified atom stereocenters. The minimum absolute atomic E-state index is 0.0517. The van der Waals surface area contributed by atoms with E-state index in [1.807, 2.05) is 0 Å². The van der Waals surface area contributed by atoms with Crippen LogP contribution >= 0.6 is 0 Å². The molecule has 0 saturated carbocycles. The molecule has 3 heterocycles. The fourth-order valence-corrected chi connectivity index (χ4v) is 7.39. The van der Waals surface area contributed by atoms with E-state index in [0.29, 0.717) is 10.6 Å². The summed E-state index contributed by atoms with van der Waals surface area (Å²) in [6.45, 7) is 5.13. The molecule has 11 atom stereocenters. The fraction of sp³-hybridized carbons (Fsp3) is 0.489. The van der Waals surface area contributed by atoms with Gasteiger partial charge in [0.1, 0.15) is 38.1 Å². The SMILES string of the molecule is CC(=O)OC[C@H]1O[C@@H](NC(=O)C[C@@H](ON2C(=O)c3ccccc3C2=O)C(=O)OCc2ccccc2)[C@H](OC(C)=O)[C@@H](OC(C)=O)[C@@H]1O[C@@H]1O[C@H](COC(C)=O)[C@@H](OC(C)=O)[C@H](OC(C)=O)[C@H]1OC(C)=O. The Kier molecular flexibility index (Phi) is 18.6. The first kappa shape index (κ1) is 53.6. The van der Waals surface area contributed by atoms with Crippen molar-refractivity contribution in [2.24, 2.45) is 0 Å². The molecule has 3 aliphatic rings. The molecule has 70 heavy (non-hydrogen) atoms. The van der Waals surface area contributed by atoms with Crippen LogP contribution in [0.2, 0.25) is 0 Å². The second kappa shape index (κ2) is 24.3. The molecule has 0 radical (unpaired) electrons. The van der Waals surface area contributed by atoms with E-state index >= 15 is 0 Å². The van der Waals surface area contributed by atoms with Crippen LogP contribution < -0.4 is 5.32 Å². The van der Waals surface area contributed by atoms with Gasteiger partial charge in [-0.05, 0) is 17.7 Å². The number of hydrogen-bond acceptors (Lipinski definition) is 23. The first-order valence-electron chi connectivity index (χ1n) is 21.4. The minimum atomic E-state index is -2.01.